The summed E-state index contributed by atoms with van der Waals surface area (Å²) in [6, 6.07) is 16.7. The fourth-order valence-electron chi connectivity index (χ4n) is 3.67. The molecule has 31 heavy (non-hydrogen) atoms. The summed E-state index contributed by atoms with van der Waals surface area (Å²) in [5, 5.41) is 3.09. The number of nitrogens with one attached hydrogen (secondary N) is 1. The molecule has 0 radical (unpaired) electrons. The molecule has 6 nitrogen and oxygen atoms in total. The van der Waals surface area contributed by atoms with Crippen molar-refractivity contribution in [3.8, 4) is 0 Å². The molecule has 7 heteroatoms. The van der Waals surface area contributed by atoms with Gasteiger partial charge in [-0.05, 0) is 43.0 Å². The molecule has 2 heterocycles. The van der Waals surface area contributed by atoms with E-state index in [0.717, 1.165) is 16.9 Å². The minimum atomic E-state index is -0.412. The van der Waals surface area contributed by atoms with E-state index in [-0.39, 0.29) is 17.1 Å². The molecule has 2 atom stereocenters. The molecule has 2 aromatic rings. The Morgan fingerprint density at radius 1 is 1.13 bits per heavy atom. The number of amidine groups is 2. The van der Waals surface area contributed by atoms with Crippen molar-refractivity contribution < 1.29 is 9.59 Å². The first-order chi connectivity index (χ1) is 15.0. The molecule has 0 unspecified atom stereocenters. The van der Waals surface area contributed by atoms with E-state index in [2.05, 4.69) is 19.2 Å². The number of thioether (sulfide) groups is 1. The van der Waals surface area contributed by atoms with E-state index >= 15 is 0 Å². The fourth-order valence-corrected chi connectivity index (χ4v) is 4.69. The summed E-state index contributed by atoms with van der Waals surface area (Å²) in [6.45, 7) is 6.13. The number of hydrogen-bond acceptors (Lipinski definition) is 5. The van der Waals surface area contributed by atoms with Gasteiger partial charge in [-0.3, -0.25) is 14.6 Å². The van der Waals surface area contributed by atoms with E-state index in [1.807, 2.05) is 61.5 Å². The zero-order valence-corrected chi connectivity index (χ0v) is 18.7. The Morgan fingerprint density at radius 3 is 2.55 bits per heavy atom. The Kier molecular flexibility index (Phi) is 6.23. The zero-order valence-electron chi connectivity index (χ0n) is 17.9. The van der Waals surface area contributed by atoms with Crippen LogP contribution >= 0.6 is 11.8 Å². The monoisotopic (exact) mass is 434 g/mol. The maximum Gasteiger partial charge on any atom is 0.259 e. The largest absolute Gasteiger partial charge is 0.325 e. The van der Waals surface area contributed by atoms with Crippen LogP contribution in [0, 0.1) is 5.92 Å². The molecule has 0 saturated heterocycles. The molecular weight excluding hydrogens is 408 g/mol. The quantitative estimate of drug-likeness (QED) is 0.707. The molecule has 4 rings (SSSR count). The topological polar surface area (TPSA) is 74.1 Å². The zero-order chi connectivity index (χ0) is 22.0. The summed E-state index contributed by atoms with van der Waals surface area (Å²) >= 11 is 1.32. The van der Waals surface area contributed by atoms with Gasteiger partial charge >= 0.3 is 0 Å². The molecule has 2 aliphatic heterocycles. The van der Waals surface area contributed by atoms with E-state index in [4.69, 9.17) is 9.98 Å². The third-order valence-corrected chi connectivity index (χ3v) is 6.51. The maximum atomic E-state index is 13.2. The molecule has 0 bridgehead atoms. The van der Waals surface area contributed by atoms with Crippen molar-refractivity contribution in [2.45, 2.75) is 44.9 Å². The first-order valence-corrected chi connectivity index (χ1v) is 11.5. The van der Waals surface area contributed by atoms with Gasteiger partial charge in [0.15, 0.2) is 5.17 Å². The highest BCUT2D eigenvalue weighted by molar-refractivity contribution is 8.15. The van der Waals surface area contributed by atoms with Crippen molar-refractivity contribution in [3.63, 3.8) is 0 Å². The summed E-state index contributed by atoms with van der Waals surface area (Å²) in [5.74, 6) is 0.817. The van der Waals surface area contributed by atoms with Crippen molar-refractivity contribution in [1.29, 1.82) is 0 Å². The minimum absolute atomic E-state index is 0.0669. The summed E-state index contributed by atoms with van der Waals surface area (Å²) in [7, 11) is 0. The minimum Gasteiger partial charge on any atom is -0.325 e. The Hall–Kier alpha value is -2.93. The number of anilines is 1. The first kappa shape index (κ1) is 21.3. The second kappa shape index (κ2) is 9.06. The van der Waals surface area contributed by atoms with Gasteiger partial charge in [0.05, 0.1) is 10.9 Å². The van der Waals surface area contributed by atoms with Crippen LogP contribution < -0.4 is 5.32 Å². The molecule has 0 aliphatic carbocycles. The SMILES string of the molecule is CC[C@H](SC1=Nc2ccccc2C2=N[C@@H](CC(C)C)C(=O)N12)C(=O)Nc1ccccc1. The standard InChI is InChI=1S/C24H26N4O2S/c1-4-20(22(29)25-16-10-6-5-7-11-16)31-24-27-18-13-9-8-12-17(18)21-26-19(14-15(2)3)23(30)28(21)24/h5-13,15,19-20H,4,14H2,1-3H3,(H,25,29)/t19-,20-/m0/s1. The molecule has 2 aliphatic rings. The lowest BCUT2D eigenvalue weighted by Crippen LogP contribution is -2.42. The Labute approximate surface area is 186 Å². The molecule has 2 aromatic carbocycles. The summed E-state index contributed by atoms with van der Waals surface area (Å²) < 4.78 is 0. The lowest BCUT2D eigenvalue weighted by molar-refractivity contribution is -0.125. The number of carbonyl (C=O) groups is 2. The number of hydrogen-bond donors (Lipinski definition) is 1. The smallest absolute Gasteiger partial charge is 0.259 e. The van der Waals surface area contributed by atoms with E-state index in [9.17, 15) is 9.59 Å². The normalized spacial score (nSPS) is 18.3. The second-order valence-electron chi connectivity index (χ2n) is 8.05. The van der Waals surface area contributed by atoms with Gasteiger partial charge in [0, 0.05) is 11.3 Å². The number of aliphatic imine (C=N–C) groups is 2. The predicted octanol–water partition coefficient (Wildman–Crippen LogP) is 4.84. The van der Waals surface area contributed by atoms with E-state index in [0.29, 0.717) is 29.8 Å². The van der Waals surface area contributed by atoms with Gasteiger partial charge in [0.25, 0.3) is 5.91 Å². The number of fused-ring (bicyclic) bond motifs is 3. The average molecular weight is 435 g/mol. The average Bonchev–Trinajstić information content (AvgIpc) is 3.08. The summed E-state index contributed by atoms with van der Waals surface area (Å²) in [4.78, 5) is 37.3. The molecule has 0 saturated carbocycles. The Balaban J connectivity index is 1.62. The number of nitrogens with zero attached hydrogens (tertiary/aromatic N) is 3. The lowest BCUT2D eigenvalue weighted by atomic mass is 10.0. The van der Waals surface area contributed by atoms with Crippen molar-refractivity contribution in [1.82, 2.24) is 4.90 Å². The molecule has 0 spiro atoms. The van der Waals surface area contributed by atoms with Crippen LogP contribution in [0.2, 0.25) is 0 Å². The van der Waals surface area contributed by atoms with Crippen LogP contribution in [0.3, 0.4) is 0 Å². The van der Waals surface area contributed by atoms with Gasteiger partial charge in [0.2, 0.25) is 5.91 Å². The highest BCUT2D eigenvalue weighted by atomic mass is 32.2. The number of amides is 2. The first-order valence-electron chi connectivity index (χ1n) is 10.6. The van der Waals surface area contributed by atoms with E-state index in [1.54, 1.807) is 4.90 Å². The molecule has 160 valence electrons. The predicted molar refractivity (Wildman–Crippen MR) is 127 cm³/mol. The van der Waals surface area contributed by atoms with E-state index in [1.165, 1.54) is 11.8 Å². The van der Waals surface area contributed by atoms with Crippen LogP contribution in [0.5, 0.6) is 0 Å². The Bertz CT molecular complexity index is 1050. The van der Waals surface area contributed by atoms with Crippen LogP contribution in [0.25, 0.3) is 0 Å². The number of rotatable bonds is 6. The van der Waals surface area contributed by atoms with Crippen LogP contribution in [0.4, 0.5) is 11.4 Å². The van der Waals surface area contributed by atoms with Gasteiger partial charge in [-0.1, -0.05) is 62.9 Å². The van der Waals surface area contributed by atoms with E-state index < -0.39 is 6.04 Å². The maximum absolute atomic E-state index is 13.2. The van der Waals surface area contributed by atoms with Gasteiger partial charge in [-0.25, -0.2) is 9.89 Å². The molecule has 1 N–H and O–H groups in total. The van der Waals surface area contributed by atoms with Crippen molar-refractivity contribution in [3.05, 3.63) is 60.2 Å². The van der Waals surface area contributed by atoms with Crippen molar-refractivity contribution in [2.75, 3.05) is 5.32 Å². The van der Waals surface area contributed by atoms with Crippen LogP contribution in [0.15, 0.2) is 64.6 Å². The molecular formula is C24H26N4O2S. The summed E-state index contributed by atoms with van der Waals surface area (Å²) in [6.07, 6.45) is 1.29. The molecule has 2 amide bonds. The van der Waals surface area contributed by atoms with Gasteiger partial charge in [-0.15, -0.1) is 0 Å². The highest BCUT2D eigenvalue weighted by Gasteiger charge is 2.42. The fraction of sp³-hybridized carbons (Fsp3) is 0.333. The third-order valence-electron chi connectivity index (χ3n) is 5.19. The third kappa shape index (κ3) is 4.42. The van der Waals surface area contributed by atoms with Crippen molar-refractivity contribution >= 4 is 46.0 Å². The van der Waals surface area contributed by atoms with Gasteiger partial charge in [0.1, 0.15) is 11.9 Å². The van der Waals surface area contributed by atoms with Crippen LogP contribution in [0.1, 0.15) is 39.2 Å². The van der Waals surface area contributed by atoms with Crippen LogP contribution in [-0.4, -0.2) is 39.0 Å². The number of carbonyl (C=O) groups excluding carboxylic acids is 2. The van der Waals surface area contributed by atoms with Gasteiger partial charge in [-0.2, -0.15) is 0 Å². The Morgan fingerprint density at radius 2 is 1.84 bits per heavy atom. The highest BCUT2D eigenvalue weighted by Crippen LogP contribution is 2.36. The van der Waals surface area contributed by atoms with Crippen LogP contribution in [-0.2, 0) is 9.59 Å². The molecule has 0 fully saturated rings. The second-order valence-corrected chi connectivity index (χ2v) is 9.22. The van der Waals surface area contributed by atoms with Crippen molar-refractivity contribution in [2.24, 2.45) is 15.9 Å². The van der Waals surface area contributed by atoms with Gasteiger partial charge < -0.3 is 5.32 Å². The lowest BCUT2D eigenvalue weighted by Gasteiger charge is -2.27. The molecule has 0 aromatic heterocycles. The number of benzene rings is 2. The summed E-state index contributed by atoms with van der Waals surface area (Å²) in [5.41, 5.74) is 2.38. The number of para-hydroxylation sites is 2.